The van der Waals surface area contributed by atoms with Crippen molar-refractivity contribution >= 4 is 17.7 Å². The smallest absolute Gasteiger partial charge is 0.354 e. The van der Waals surface area contributed by atoms with Gasteiger partial charge in [0.1, 0.15) is 5.69 Å². The number of aromatic carboxylic acids is 1. The van der Waals surface area contributed by atoms with Crippen molar-refractivity contribution in [3.63, 3.8) is 0 Å². The number of carboxylic acids is 1. The minimum atomic E-state index is -1.13. The number of amides is 2. The molecule has 3 N–H and O–H groups in total. The van der Waals surface area contributed by atoms with Crippen LogP contribution in [0.4, 0.5) is 10.5 Å². The molecule has 0 aliphatic heterocycles. The average Bonchev–Trinajstić information content (AvgIpc) is 2.90. The summed E-state index contributed by atoms with van der Waals surface area (Å²) in [7, 11) is 0. The van der Waals surface area contributed by atoms with Gasteiger partial charge in [0.2, 0.25) is 6.39 Å². The molecular weight excluding hydrogens is 254 g/mol. The summed E-state index contributed by atoms with van der Waals surface area (Å²) in [5, 5.41) is 17.2. The van der Waals surface area contributed by atoms with Crippen LogP contribution < -0.4 is 10.6 Å². The van der Waals surface area contributed by atoms with E-state index in [1.165, 1.54) is 18.3 Å². The van der Waals surface area contributed by atoms with Crippen molar-refractivity contribution in [1.29, 1.82) is 0 Å². The number of nitrogens with one attached hydrogen (secondary N) is 2. The lowest BCUT2D eigenvalue weighted by Gasteiger charge is -2.05. The SMILES string of the molecule is O=C(NCc1ncon1)Nc1ccc(C(=O)O)nc1. The lowest BCUT2D eigenvalue weighted by Crippen LogP contribution is -2.28. The molecule has 0 aromatic carbocycles. The molecule has 2 heterocycles. The summed E-state index contributed by atoms with van der Waals surface area (Å²) in [5.41, 5.74) is 0.272. The highest BCUT2D eigenvalue weighted by atomic mass is 16.5. The van der Waals surface area contributed by atoms with E-state index in [1.807, 2.05) is 0 Å². The van der Waals surface area contributed by atoms with Crippen LogP contribution in [0.15, 0.2) is 29.2 Å². The molecule has 0 aliphatic carbocycles. The molecule has 0 saturated heterocycles. The van der Waals surface area contributed by atoms with Gasteiger partial charge in [0.05, 0.1) is 18.4 Å². The van der Waals surface area contributed by atoms with Gasteiger partial charge in [-0.1, -0.05) is 5.16 Å². The van der Waals surface area contributed by atoms with Gasteiger partial charge < -0.3 is 20.3 Å². The Morgan fingerprint density at radius 2 is 2.16 bits per heavy atom. The van der Waals surface area contributed by atoms with E-state index in [4.69, 9.17) is 5.11 Å². The van der Waals surface area contributed by atoms with Gasteiger partial charge in [-0.2, -0.15) is 4.98 Å². The first-order valence-corrected chi connectivity index (χ1v) is 5.14. The fraction of sp³-hybridized carbons (Fsp3) is 0.100. The van der Waals surface area contributed by atoms with Gasteiger partial charge in [-0.25, -0.2) is 14.6 Å². The number of aromatic nitrogens is 3. The maximum absolute atomic E-state index is 11.5. The standard InChI is InChI=1S/C10H9N5O4/c16-9(17)7-2-1-6(3-11-7)14-10(18)12-4-8-13-5-19-15-8/h1-3,5H,4H2,(H,16,17)(H2,12,14,18). The van der Waals surface area contributed by atoms with Crippen molar-refractivity contribution in [1.82, 2.24) is 20.4 Å². The molecule has 0 bridgehead atoms. The Kier molecular flexibility index (Phi) is 3.67. The third-order valence-electron chi connectivity index (χ3n) is 2.05. The Bertz CT molecular complexity index is 566. The highest BCUT2D eigenvalue weighted by Gasteiger charge is 2.06. The molecule has 0 atom stereocenters. The molecule has 2 aromatic rings. The average molecular weight is 263 g/mol. The van der Waals surface area contributed by atoms with Crippen LogP contribution in [0, 0.1) is 0 Å². The molecule has 9 nitrogen and oxygen atoms in total. The molecule has 0 fully saturated rings. The van der Waals surface area contributed by atoms with Crippen LogP contribution in [0.2, 0.25) is 0 Å². The van der Waals surface area contributed by atoms with Crippen LogP contribution in [0.1, 0.15) is 16.3 Å². The maximum atomic E-state index is 11.5. The lowest BCUT2D eigenvalue weighted by molar-refractivity contribution is 0.0690. The Hall–Kier alpha value is -2.97. The summed E-state index contributed by atoms with van der Waals surface area (Å²) in [6.07, 6.45) is 2.40. The summed E-state index contributed by atoms with van der Waals surface area (Å²) in [4.78, 5) is 29.4. The van der Waals surface area contributed by atoms with Crippen LogP contribution in [0.3, 0.4) is 0 Å². The summed E-state index contributed by atoms with van der Waals surface area (Å²) >= 11 is 0. The number of carboxylic acid groups (broad SMARTS) is 1. The van der Waals surface area contributed by atoms with Crippen molar-refractivity contribution in [2.24, 2.45) is 0 Å². The van der Waals surface area contributed by atoms with E-state index in [0.717, 1.165) is 6.39 Å². The molecule has 0 spiro atoms. The third-order valence-corrected chi connectivity index (χ3v) is 2.05. The Morgan fingerprint density at radius 3 is 2.74 bits per heavy atom. The first-order valence-electron chi connectivity index (χ1n) is 5.14. The summed E-state index contributed by atoms with van der Waals surface area (Å²) in [6.45, 7) is 0.114. The number of pyridine rings is 1. The highest BCUT2D eigenvalue weighted by Crippen LogP contribution is 2.05. The van der Waals surface area contributed by atoms with Crippen LogP contribution in [0.25, 0.3) is 0 Å². The minimum absolute atomic E-state index is 0.0993. The van der Waals surface area contributed by atoms with Crippen molar-refractivity contribution in [3.05, 3.63) is 36.2 Å². The highest BCUT2D eigenvalue weighted by molar-refractivity contribution is 5.90. The Balaban J connectivity index is 1.86. The molecule has 19 heavy (non-hydrogen) atoms. The van der Waals surface area contributed by atoms with Gasteiger partial charge in [-0.05, 0) is 12.1 Å². The second-order valence-corrected chi connectivity index (χ2v) is 3.39. The molecule has 0 radical (unpaired) electrons. The van der Waals surface area contributed by atoms with Gasteiger partial charge in [-0.3, -0.25) is 0 Å². The van der Waals surface area contributed by atoms with Crippen molar-refractivity contribution in [2.75, 3.05) is 5.32 Å². The molecule has 2 amide bonds. The summed E-state index contributed by atoms with van der Waals surface area (Å²) in [6, 6.07) is 2.23. The topological polar surface area (TPSA) is 130 Å². The fourth-order valence-corrected chi connectivity index (χ4v) is 1.20. The zero-order valence-corrected chi connectivity index (χ0v) is 9.53. The van der Waals surface area contributed by atoms with Crippen molar-refractivity contribution in [2.45, 2.75) is 6.54 Å². The van der Waals surface area contributed by atoms with Crippen LogP contribution in [0.5, 0.6) is 0 Å². The third kappa shape index (κ3) is 3.49. The second-order valence-electron chi connectivity index (χ2n) is 3.39. The number of carbonyl (C=O) groups is 2. The van der Waals surface area contributed by atoms with Gasteiger partial charge in [-0.15, -0.1) is 0 Å². The first kappa shape index (κ1) is 12.5. The van der Waals surface area contributed by atoms with Crippen molar-refractivity contribution in [3.8, 4) is 0 Å². The fourth-order valence-electron chi connectivity index (χ4n) is 1.20. The van der Waals surface area contributed by atoms with Gasteiger partial charge in [0.15, 0.2) is 5.82 Å². The molecule has 0 saturated carbocycles. The molecule has 0 aliphatic rings. The van der Waals surface area contributed by atoms with E-state index in [-0.39, 0.29) is 12.2 Å². The Labute approximate surface area is 106 Å². The maximum Gasteiger partial charge on any atom is 0.354 e. The summed E-state index contributed by atoms with van der Waals surface area (Å²) < 4.78 is 4.50. The monoisotopic (exact) mass is 263 g/mol. The zero-order valence-electron chi connectivity index (χ0n) is 9.53. The quantitative estimate of drug-likeness (QED) is 0.731. The zero-order chi connectivity index (χ0) is 13.7. The molecule has 9 heteroatoms. The number of hydrogen-bond acceptors (Lipinski definition) is 6. The largest absolute Gasteiger partial charge is 0.477 e. The van der Waals surface area contributed by atoms with E-state index < -0.39 is 12.0 Å². The second kappa shape index (κ2) is 5.58. The molecule has 98 valence electrons. The minimum Gasteiger partial charge on any atom is -0.477 e. The van der Waals surface area contributed by atoms with Crippen LogP contribution in [-0.4, -0.2) is 32.2 Å². The lowest BCUT2D eigenvalue weighted by atomic mass is 10.3. The van der Waals surface area contributed by atoms with E-state index in [2.05, 4.69) is 30.3 Å². The molecule has 0 unspecified atom stereocenters. The van der Waals surface area contributed by atoms with E-state index in [0.29, 0.717) is 11.5 Å². The van der Waals surface area contributed by atoms with Gasteiger partial charge in [0.25, 0.3) is 0 Å². The number of nitrogens with zero attached hydrogens (tertiary/aromatic N) is 3. The normalized spacial score (nSPS) is 9.89. The number of anilines is 1. The van der Waals surface area contributed by atoms with E-state index in [1.54, 1.807) is 0 Å². The first-order chi connectivity index (χ1) is 9.15. The van der Waals surface area contributed by atoms with Crippen LogP contribution >= 0.6 is 0 Å². The number of carbonyl (C=O) groups excluding carboxylic acids is 1. The van der Waals surface area contributed by atoms with Crippen LogP contribution in [-0.2, 0) is 6.54 Å². The van der Waals surface area contributed by atoms with Gasteiger partial charge >= 0.3 is 12.0 Å². The Morgan fingerprint density at radius 1 is 1.32 bits per heavy atom. The van der Waals surface area contributed by atoms with Gasteiger partial charge in [0, 0.05) is 0 Å². The molecule has 2 aromatic heterocycles. The van der Waals surface area contributed by atoms with E-state index >= 15 is 0 Å². The predicted molar refractivity (Wildman–Crippen MR) is 61.4 cm³/mol. The molecular formula is C10H9N5O4. The number of urea groups is 1. The molecule has 2 rings (SSSR count). The summed E-state index contributed by atoms with van der Waals surface area (Å²) in [5.74, 6) is -0.789. The predicted octanol–water partition coefficient (Wildman–Crippen LogP) is 0.485. The number of hydrogen-bond donors (Lipinski definition) is 3. The van der Waals surface area contributed by atoms with Crippen molar-refractivity contribution < 1.29 is 19.2 Å². The van der Waals surface area contributed by atoms with E-state index in [9.17, 15) is 9.59 Å². The number of rotatable bonds is 4.